The third-order valence-electron chi connectivity index (χ3n) is 2.17. The second-order valence-electron chi connectivity index (χ2n) is 3.58. The third-order valence-corrected chi connectivity index (χ3v) is 2.34. The van der Waals surface area contributed by atoms with Crippen molar-refractivity contribution in [3.05, 3.63) is 47.1 Å². The first kappa shape index (κ1) is 13.5. The van der Waals surface area contributed by atoms with Crippen molar-refractivity contribution in [1.29, 1.82) is 0 Å². The van der Waals surface area contributed by atoms with Crippen LogP contribution in [0.1, 0.15) is 11.4 Å². The minimum Gasteiger partial charge on any atom is -0.364 e. The molecular formula is C11H8ClF3N4. The van der Waals surface area contributed by atoms with Crippen molar-refractivity contribution >= 4 is 17.4 Å². The number of anilines is 1. The minimum absolute atomic E-state index is 0.00187. The van der Waals surface area contributed by atoms with Crippen LogP contribution in [0.3, 0.4) is 0 Å². The average Bonchev–Trinajstić information content (AvgIpc) is 2.36. The zero-order chi connectivity index (χ0) is 13.9. The number of nitrogens with one attached hydrogen (secondary N) is 1. The summed E-state index contributed by atoms with van der Waals surface area (Å²) in [5.74, 6) is -0.00187. The summed E-state index contributed by atoms with van der Waals surface area (Å²) in [7, 11) is 0. The molecule has 0 unspecified atom stereocenters. The van der Waals surface area contributed by atoms with Gasteiger partial charge in [0.1, 0.15) is 5.82 Å². The molecule has 0 amide bonds. The van der Waals surface area contributed by atoms with Gasteiger partial charge in [-0.2, -0.15) is 13.2 Å². The van der Waals surface area contributed by atoms with Crippen molar-refractivity contribution < 1.29 is 13.2 Å². The lowest BCUT2D eigenvalue weighted by Crippen LogP contribution is -2.11. The SMILES string of the molecule is FC(F)(F)c1cc(NCc2ccccn2)nc(Cl)n1. The van der Waals surface area contributed by atoms with Gasteiger partial charge in [-0.1, -0.05) is 6.07 Å². The van der Waals surface area contributed by atoms with Gasteiger partial charge < -0.3 is 5.32 Å². The lowest BCUT2D eigenvalue weighted by atomic mass is 10.3. The molecule has 0 aromatic carbocycles. The van der Waals surface area contributed by atoms with Crippen molar-refractivity contribution in [3.63, 3.8) is 0 Å². The van der Waals surface area contributed by atoms with Gasteiger partial charge in [0.15, 0.2) is 5.69 Å². The number of pyridine rings is 1. The zero-order valence-corrected chi connectivity index (χ0v) is 10.2. The maximum atomic E-state index is 12.5. The van der Waals surface area contributed by atoms with Gasteiger partial charge in [0.2, 0.25) is 5.28 Å². The summed E-state index contributed by atoms with van der Waals surface area (Å²) in [4.78, 5) is 10.8. The first-order chi connectivity index (χ1) is 8.95. The van der Waals surface area contributed by atoms with Crippen molar-refractivity contribution in [3.8, 4) is 0 Å². The van der Waals surface area contributed by atoms with E-state index >= 15 is 0 Å². The van der Waals surface area contributed by atoms with Crippen molar-refractivity contribution in [2.24, 2.45) is 0 Å². The van der Waals surface area contributed by atoms with Crippen LogP contribution in [-0.2, 0) is 12.7 Å². The Balaban J connectivity index is 2.15. The maximum Gasteiger partial charge on any atom is 0.433 e. The molecule has 1 N–H and O–H groups in total. The molecule has 2 aromatic heterocycles. The summed E-state index contributed by atoms with van der Waals surface area (Å²) in [5, 5.41) is 2.26. The van der Waals surface area contributed by atoms with Gasteiger partial charge in [-0.25, -0.2) is 9.97 Å². The average molecular weight is 289 g/mol. The summed E-state index contributed by atoms with van der Waals surface area (Å²) >= 11 is 5.46. The Morgan fingerprint density at radius 1 is 1.21 bits per heavy atom. The van der Waals surface area contributed by atoms with Gasteiger partial charge in [0.05, 0.1) is 12.2 Å². The molecule has 0 saturated heterocycles. The normalized spacial score (nSPS) is 11.4. The maximum absolute atomic E-state index is 12.5. The van der Waals surface area contributed by atoms with Crippen LogP contribution in [0.5, 0.6) is 0 Å². The lowest BCUT2D eigenvalue weighted by molar-refractivity contribution is -0.141. The van der Waals surface area contributed by atoms with Crippen LogP contribution in [0.4, 0.5) is 19.0 Å². The van der Waals surface area contributed by atoms with Gasteiger partial charge in [0, 0.05) is 12.3 Å². The Morgan fingerprint density at radius 3 is 2.63 bits per heavy atom. The first-order valence-electron chi connectivity index (χ1n) is 5.21. The highest BCUT2D eigenvalue weighted by Gasteiger charge is 2.33. The lowest BCUT2D eigenvalue weighted by Gasteiger charge is -2.09. The van der Waals surface area contributed by atoms with Crippen LogP contribution in [0.15, 0.2) is 30.5 Å². The molecule has 0 aliphatic heterocycles. The standard InChI is InChI=1S/C11H8ClF3N4/c12-10-18-8(11(13,14)15)5-9(19-10)17-6-7-3-1-2-4-16-7/h1-5H,6H2,(H,17,18,19). The molecular weight excluding hydrogens is 281 g/mol. The van der Waals surface area contributed by atoms with Gasteiger partial charge in [-0.05, 0) is 23.7 Å². The van der Waals surface area contributed by atoms with E-state index in [0.29, 0.717) is 5.69 Å². The number of aromatic nitrogens is 3. The Kier molecular flexibility index (Phi) is 3.84. The molecule has 0 radical (unpaired) electrons. The molecule has 100 valence electrons. The molecule has 2 heterocycles. The monoisotopic (exact) mass is 288 g/mol. The molecule has 8 heteroatoms. The fourth-order valence-electron chi connectivity index (χ4n) is 1.34. The van der Waals surface area contributed by atoms with Crippen molar-refractivity contribution in [2.45, 2.75) is 12.7 Å². The third kappa shape index (κ3) is 3.78. The highest BCUT2D eigenvalue weighted by molar-refractivity contribution is 6.28. The molecule has 2 rings (SSSR count). The predicted molar refractivity (Wildman–Crippen MR) is 63.6 cm³/mol. The molecule has 0 aliphatic rings. The summed E-state index contributed by atoms with van der Waals surface area (Å²) in [6.07, 6.45) is -2.97. The Hall–Kier alpha value is -1.89. The Labute approximate surface area is 111 Å². The van der Waals surface area contributed by atoms with E-state index < -0.39 is 17.2 Å². The van der Waals surface area contributed by atoms with E-state index in [1.807, 2.05) is 0 Å². The molecule has 0 fully saturated rings. The van der Waals surface area contributed by atoms with E-state index in [-0.39, 0.29) is 12.4 Å². The van der Waals surface area contributed by atoms with Gasteiger partial charge in [-0.3, -0.25) is 4.98 Å². The number of rotatable bonds is 3. The van der Waals surface area contributed by atoms with Crippen LogP contribution >= 0.6 is 11.6 Å². The molecule has 0 saturated carbocycles. The molecule has 0 bridgehead atoms. The fraction of sp³-hybridized carbons (Fsp3) is 0.182. The predicted octanol–water partition coefficient (Wildman–Crippen LogP) is 3.16. The van der Waals surface area contributed by atoms with Crippen LogP contribution in [0, 0.1) is 0 Å². The molecule has 4 nitrogen and oxygen atoms in total. The minimum atomic E-state index is -4.56. The van der Waals surface area contributed by atoms with Crippen LogP contribution in [-0.4, -0.2) is 15.0 Å². The van der Waals surface area contributed by atoms with E-state index in [0.717, 1.165) is 6.07 Å². The number of hydrogen-bond acceptors (Lipinski definition) is 4. The Morgan fingerprint density at radius 2 is 2.00 bits per heavy atom. The number of hydrogen-bond donors (Lipinski definition) is 1. The fourth-order valence-corrected chi connectivity index (χ4v) is 1.52. The largest absolute Gasteiger partial charge is 0.433 e. The highest BCUT2D eigenvalue weighted by atomic mass is 35.5. The van der Waals surface area contributed by atoms with Gasteiger partial charge >= 0.3 is 6.18 Å². The smallest absolute Gasteiger partial charge is 0.364 e. The van der Waals surface area contributed by atoms with Crippen molar-refractivity contribution in [1.82, 2.24) is 15.0 Å². The Bertz CT molecular complexity index is 560. The summed E-state index contributed by atoms with van der Waals surface area (Å²) in [6, 6.07) is 6.06. The first-order valence-corrected chi connectivity index (χ1v) is 5.58. The molecule has 0 aliphatic carbocycles. The molecule has 2 aromatic rings. The van der Waals surface area contributed by atoms with Crippen LogP contribution in [0.2, 0.25) is 5.28 Å². The summed E-state index contributed by atoms with van der Waals surface area (Å²) in [5.41, 5.74) is -0.415. The molecule has 0 atom stereocenters. The van der Waals surface area contributed by atoms with E-state index in [4.69, 9.17) is 11.6 Å². The molecule has 0 spiro atoms. The van der Waals surface area contributed by atoms with Gasteiger partial charge in [-0.15, -0.1) is 0 Å². The van der Waals surface area contributed by atoms with Gasteiger partial charge in [0.25, 0.3) is 0 Å². The van der Waals surface area contributed by atoms with E-state index in [1.54, 1.807) is 24.4 Å². The number of halogens is 4. The quantitative estimate of drug-likeness (QED) is 0.882. The van der Waals surface area contributed by atoms with Crippen molar-refractivity contribution in [2.75, 3.05) is 5.32 Å². The second kappa shape index (κ2) is 5.40. The molecule has 19 heavy (non-hydrogen) atoms. The van der Waals surface area contributed by atoms with E-state index in [1.165, 1.54) is 0 Å². The van der Waals surface area contributed by atoms with Crippen LogP contribution in [0.25, 0.3) is 0 Å². The van der Waals surface area contributed by atoms with E-state index in [9.17, 15) is 13.2 Å². The van der Waals surface area contributed by atoms with Crippen LogP contribution < -0.4 is 5.32 Å². The number of nitrogens with zero attached hydrogens (tertiary/aromatic N) is 3. The zero-order valence-electron chi connectivity index (χ0n) is 9.45. The van der Waals surface area contributed by atoms with E-state index in [2.05, 4.69) is 20.3 Å². The second-order valence-corrected chi connectivity index (χ2v) is 3.92. The summed E-state index contributed by atoms with van der Waals surface area (Å²) < 4.78 is 37.6. The topological polar surface area (TPSA) is 50.7 Å². The summed E-state index contributed by atoms with van der Waals surface area (Å²) in [6.45, 7) is 0.242. The highest BCUT2D eigenvalue weighted by Crippen LogP contribution is 2.29. The number of alkyl halides is 3.